The maximum absolute atomic E-state index is 13.2. The summed E-state index contributed by atoms with van der Waals surface area (Å²) in [6.07, 6.45) is 2.53. The molecule has 25 heavy (non-hydrogen) atoms. The Morgan fingerprint density at radius 1 is 1.20 bits per heavy atom. The molecule has 0 radical (unpaired) electrons. The third-order valence-corrected chi connectivity index (χ3v) is 6.01. The normalized spacial score (nSPS) is 19.1. The minimum atomic E-state index is -3.24. The molecule has 0 N–H and O–H groups in total. The second kappa shape index (κ2) is 5.88. The summed E-state index contributed by atoms with van der Waals surface area (Å²) in [7, 11) is -3.24. The number of nitrogens with zero attached hydrogens (tertiary/aromatic N) is 1. The van der Waals surface area contributed by atoms with E-state index in [-0.39, 0.29) is 11.8 Å². The van der Waals surface area contributed by atoms with Crippen LogP contribution in [0.1, 0.15) is 23.5 Å². The average Bonchev–Trinajstić information content (AvgIpc) is 3.03. The molecule has 130 valence electrons. The summed E-state index contributed by atoms with van der Waals surface area (Å²) in [5, 5.41) is 0. The zero-order chi connectivity index (χ0) is 17.6. The number of benzene rings is 2. The Hall–Kier alpha value is -2.34. The van der Waals surface area contributed by atoms with Gasteiger partial charge in [-0.25, -0.2) is 8.42 Å². The fraction of sp³-hybridized carbons (Fsp3) is 0.316. The van der Waals surface area contributed by atoms with Gasteiger partial charge >= 0.3 is 0 Å². The van der Waals surface area contributed by atoms with Gasteiger partial charge in [0.15, 0.2) is 9.84 Å². The predicted octanol–water partition coefficient (Wildman–Crippen LogP) is 2.55. The lowest BCUT2D eigenvalue weighted by Crippen LogP contribution is -2.35. The zero-order valence-electron chi connectivity index (χ0n) is 13.9. The molecule has 1 unspecified atom stereocenters. The predicted molar refractivity (Wildman–Crippen MR) is 94.9 cm³/mol. The summed E-state index contributed by atoms with van der Waals surface area (Å²) >= 11 is 0. The van der Waals surface area contributed by atoms with Gasteiger partial charge in [-0.1, -0.05) is 18.2 Å². The van der Waals surface area contributed by atoms with Crippen LogP contribution in [0.5, 0.6) is 5.75 Å². The molecule has 2 aromatic carbocycles. The molecule has 0 saturated carbocycles. The van der Waals surface area contributed by atoms with Gasteiger partial charge in [-0.2, -0.15) is 0 Å². The Morgan fingerprint density at radius 2 is 2.00 bits per heavy atom. The number of rotatable bonds is 2. The van der Waals surface area contributed by atoms with Crippen molar-refractivity contribution in [3.63, 3.8) is 0 Å². The first-order chi connectivity index (χ1) is 11.9. The first kappa shape index (κ1) is 16.1. The van der Waals surface area contributed by atoms with Gasteiger partial charge in [0.1, 0.15) is 5.75 Å². The highest BCUT2D eigenvalue weighted by Crippen LogP contribution is 2.38. The largest absolute Gasteiger partial charge is 0.493 e. The maximum Gasteiger partial charge on any atom is 0.234 e. The number of carbonyl (C=O) groups is 1. The van der Waals surface area contributed by atoms with Gasteiger partial charge < -0.3 is 9.64 Å². The maximum atomic E-state index is 13.2. The van der Waals surface area contributed by atoms with Crippen molar-refractivity contribution in [2.45, 2.75) is 23.7 Å². The quantitative estimate of drug-likeness (QED) is 0.829. The number of hydrogen-bond donors (Lipinski definition) is 0. The van der Waals surface area contributed by atoms with Crippen molar-refractivity contribution in [1.82, 2.24) is 0 Å². The van der Waals surface area contributed by atoms with E-state index in [0.717, 1.165) is 22.6 Å². The number of ether oxygens (including phenoxy) is 1. The van der Waals surface area contributed by atoms with Gasteiger partial charge in [-0.15, -0.1) is 0 Å². The molecule has 0 aromatic heterocycles. The number of amides is 1. The minimum Gasteiger partial charge on any atom is -0.493 e. The molecule has 2 heterocycles. The number of sulfone groups is 1. The number of carbonyl (C=O) groups excluding carboxylic acids is 1. The van der Waals surface area contributed by atoms with Crippen LogP contribution in [0.2, 0.25) is 0 Å². The summed E-state index contributed by atoms with van der Waals surface area (Å²) in [5.74, 6) is 0.617. The first-order valence-corrected chi connectivity index (χ1v) is 10.2. The standard InChI is InChI=1S/C19H19NO4S/c1-25(22,23)14-6-7-17-13(12-14)8-10-20(17)19(21)16-9-11-24-18-5-3-2-4-15(16)18/h2-7,12,16H,8-11H2,1H3. The molecule has 4 rings (SSSR count). The van der Waals surface area contributed by atoms with E-state index in [1.165, 1.54) is 6.26 Å². The third-order valence-electron chi connectivity index (χ3n) is 4.90. The summed E-state index contributed by atoms with van der Waals surface area (Å²) in [6, 6.07) is 12.7. The van der Waals surface area contributed by atoms with Crippen molar-refractivity contribution in [2.24, 2.45) is 0 Å². The van der Waals surface area contributed by atoms with E-state index in [1.807, 2.05) is 24.3 Å². The van der Waals surface area contributed by atoms with E-state index in [1.54, 1.807) is 23.1 Å². The Balaban J connectivity index is 1.67. The molecule has 0 bridgehead atoms. The number of para-hydroxylation sites is 1. The van der Waals surface area contributed by atoms with Crippen molar-refractivity contribution in [1.29, 1.82) is 0 Å². The average molecular weight is 357 g/mol. The van der Waals surface area contributed by atoms with Gasteiger partial charge in [0.2, 0.25) is 5.91 Å². The molecule has 6 heteroatoms. The highest BCUT2D eigenvalue weighted by molar-refractivity contribution is 7.90. The second-order valence-corrected chi connectivity index (χ2v) is 8.55. The van der Waals surface area contributed by atoms with E-state index in [9.17, 15) is 13.2 Å². The van der Waals surface area contributed by atoms with Crippen LogP contribution in [0, 0.1) is 0 Å². The molecule has 2 aliphatic heterocycles. The summed E-state index contributed by atoms with van der Waals surface area (Å²) < 4.78 is 29.1. The molecule has 0 saturated heterocycles. The molecule has 5 nitrogen and oxygen atoms in total. The lowest BCUT2D eigenvalue weighted by molar-refractivity contribution is -0.120. The number of hydrogen-bond acceptors (Lipinski definition) is 4. The van der Waals surface area contributed by atoms with Crippen LogP contribution in [0.15, 0.2) is 47.4 Å². The van der Waals surface area contributed by atoms with Gasteiger partial charge in [0.05, 0.1) is 17.4 Å². The van der Waals surface area contributed by atoms with Gasteiger partial charge in [-0.3, -0.25) is 4.79 Å². The molecular weight excluding hydrogens is 338 g/mol. The van der Waals surface area contributed by atoms with Crippen LogP contribution in [-0.2, 0) is 21.1 Å². The Labute approximate surface area is 147 Å². The SMILES string of the molecule is CS(=O)(=O)c1ccc2c(c1)CCN2C(=O)C1CCOc2ccccc21. The summed E-state index contributed by atoms with van der Waals surface area (Å²) in [6.45, 7) is 1.11. The monoisotopic (exact) mass is 357 g/mol. The van der Waals surface area contributed by atoms with Crippen molar-refractivity contribution < 1.29 is 17.9 Å². The summed E-state index contributed by atoms with van der Waals surface area (Å²) in [4.78, 5) is 15.2. The Kier molecular flexibility index (Phi) is 3.80. The number of anilines is 1. The highest BCUT2D eigenvalue weighted by Gasteiger charge is 2.34. The van der Waals surface area contributed by atoms with Crippen LogP contribution in [0.4, 0.5) is 5.69 Å². The fourth-order valence-electron chi connectivity index (χ4n) is 3.62. The lowest BCUT2D eigenvalue weighted by Gasteiger charge is -2.29. The van der Waals surface area contributed by atoms with Crippen LogP contribution in [0.25, 0.3) is 0 Å². The van der Waals surface area contributed by atoms with E-state index in [2.05, 4.69) is 0 Å². The molecule has 1 atom stereocenters. The third kappa shape index (κ3) is 2.80. The van der Waals surface area contributed by atoms with Crippen molar-refractivity contribution in [2.75, 3.05) is 24.3 Å². The van der Waals surface area contributed by atoms with Crippen molar-refractivity contribution >= 4 is 21.4 Å². The lowest BCUT2D eigenvalue weighted by atomic mass is 9.92. The van der Waals surface area contributed by atoms with Crippen molar-refractivity contribution in [3.8, 4) is 5.75 Å². The van der Waals surface area contributed by atoms with E-state index in [0.29, 0.717) is 30.9 Å². The van der Waals surface area contributed by atoms with Crippen LogP contribution < -0.4 is 9.64 Å². The second-order valence-electron chi connectivity index (χ2n) is 6.53. The van der Waals surface area contributed by atoms with E-state index < -0.39 is 9.84 Å². The fourth-order valence-corrected chi connectivity index (χ4v) is 4.30. The zero-order valence-corrected chi connectivity index (χ0v) is 14.8. The number of fused-ring (bicyclic) bond motifs is 2. The van der Waals surface area contributed by atoms with Gasteiger partial charge in [0.25, 0.3) is 0 Å². The van der Waals surface area contributed by atoms with Crippen molar-refractivity contribution in [3.05, 3.63) is 53.6 Å². The molecule has 0 spiro atoms. The van der Waals surface area contributed by atoms with E-state index in [4.69, 9.17) is 4.74 Å². The molecule has 2 aromatic rings. The Morgan fingerprint density at radius 3 is 2.80 bits per heavy atom. The molecule has 0 aliphatic carbocycles. The smallest absolute Gasteiger partial charge is 0.234 e. The summed E-state index contributed by atoms with van der Waals surface area (Å²) in [5.41, 5.74) is 2.66. The van der Waals surface area contributed by atoms with Crippen LogP contribution in [0.3, 0.4) is 0 Å². The van der Waals surface area contributed by atoms with E-state index >= 15 is 0 Å². The molecular formula is C19H19NO4S. The van der Waals surface area contributed by atoms with Gasteiger partial charge in [0, 0.05) is 24.1 Å². The first-order valence-electron chi connectivity index (χ1n) is 8.31. The molecule has 2 aliphatic rings. The highest BCUT2D eigenvalue weighted by atomic mass is 32.2. The molecule has 1 amide bonds. The van der Waals surface area contributed by atoms with Crippen LogP contribution in [-0.4, -0.2) is 33.7 Å². The minimum absolute atomic E-state index is 0.0570. The van der Waals surface area contributed by atoms with Crippen LogP contribution >= 0.6 is 0 Å². The topological polar surface area (TPSA) is 63.7 Å². The molecule has 0 fully saturated rings. The Bertz CT molecular complexity index is 952. The van der Waals surface area contributed by atoms with Gasteiger partial charge in [-0.05, 0) is 42.7 Å².